The molecule has 0 fully saturated rings. The van der Waals surface area contributed by atoms with E-state index in [1.165, 1.54) is 0 Å². The highest BCUT2D eigenvalue weighted by Crippen LogP contribution is 2.11. The number of aromatic nitrogens is 2. The first-order valence-corrected chi connectivity index (χ1v) is 7.19. The van der Waals surface area contributed by atoms with Crippen LogP contribution < -0.4 is 0 Å². The number of aliphatic hydroxyl groups is 1. The van der Waals surface area contributed by atoms with Gasteiger partial charge in [-0.1, -0.05) is 0 Å². The zero-order valence-electron chi connectivity index (χ0n) is 12.3. The van der Waals surface area contributed by atoms with Gasteiger partial charge in [-0.05, 0) is 49.6 Å². The minimum atomic E-state index is 0.0195. The molecule has 0 aliphatic rings. The summed E-state index contributed by atoms with van der Waals surface area (Å²) >= 11 is 0. The van der Waals surface area contributed by atoms with Gasteiger partial charge in [0.05, 0.1) is 5.69 Å². The van der Waals surface area contributed by atoms with Gasteiger partial charge < -0.3 is 10.0 Å². The Morgan fingerprint density at radius 1 is 1.24 bits per heavy atom. The Hall–Kier alpha value is -2.14. The topological polar surface area (TPSA) is 58.4 Å². The highest BCUT2D eigenvalue weighted by Gasteiger charge is 2.11. The van der Waals surface area contributed by atoms with Gasteiger partial charge in [0.25, 0.3) is 5.91 Å². The Kier molecular flexibility index (Phi) is 5.51. The van der Waals surface area contributed by atoms with Crippen molar-refractivity contribution in [2.45, 2.75) is 19.3 Å². The number of rotatable bonds is 7. The van der Waals surface area contributed by atoms with Gasteiger partial charge >= 0.3 is 0 Å². The monoisotopic (exact) mass is 287 g/mol. The van der Waals surface area contributed by atoms with Crippen molar-refractivity contribution in [2.75, 3.05) is 20.2 Å². The lowest BCUT2D eigenvalue weighted by atomic mass is 10.1. The second kappa shape index (κ2) is 7.59. The number of unbranched alkanes of at least 4 members (excludes halogenated alkanes) is 2. The molecule has 0 radical (unpaired) electrons. The molecule has 1 aromatic carbocycles. The van der Waals surface area contributed by atoms with E-state index in [2.05, 4.69) is 5.10 Å². The second-order valence-corrected chi connectivity index (χ2v) is 5.01. The molecule has 5 heteroatoms. The van der Waals surface area contributed by atoms with E-state index < -0.39 is 0 Å². The van der Waals surface area contributed by atoms with E-state index in [9.17, 15) is 4.79 Å². The van der Waals surface area contributed by atoms with Gasteiger partial charge in [-0.25, -0.2) is 4.68 Å². The summed E-state index contributed by atoms with van der Waals surface area (Å²) in [7, 11) is 1.81. The summed E-state index contributed by atoms with van der Waals surface area (Å²) in [4.78, 5) is 14.0. The Morgan fingerprint density at radius 2 is 2.00 bits per heavy atom. The van der Waals surface area contributed by atoms with E-state index in [0.717, 1.165) is 24.9 Å². The van der Waals surface area contributed by atoms with Gasteiger partial charge in [-0.3, -0.25) is 4.79 Å². The van der Waals surface area contributed by atoms with Gasteiger partial charge in [0.2, 0.25) is 0 Å². The van der Waals surface area contributed by atoms with E-state index in [1.54, 1.807) is 15.8 Å². The fraction of sp³-hybridized carbons (Fsp3) is 0.375. The van der Waals surface area contributed by atoms with Gasteiger partial charge in [-0.15, -0.1) is 0 Å². The first-order chi connectivity index (χ1) is 10.2. The standard InChI is InChI=1S/C16H21N3O2/c1-18(11-3-2-4-13-20)16(21)14-6-8-15(9-7-14)19-12-5-10-17-19/h5-10,12,20H,2-4,11,13H2,1H3. The average Bonchev–Trinajstić information content (AvgIpc) is 3.05. The van der Waals surface area contributed by atoms with Gasteiger partial charge in [-0.2, -0.15) is 5.10 Å². The van der Waals surface area contributed by atoms with E-state index in [4.69, 9.17) is 5.11 Å². The molecule has 0 spiro atoms. The van der Waals surface area contributed by atoms with Crippen LogP contribution in [-0.2, 0) is 0 Å². The number of carbonyl (C=O) groups excluding carboxylic acids is 1. The maximum absolute atomic E-state index is 12.3. The quantitative estimate of drug-likeness (QED) is 0.793. The molecule has 0 saturated heterocycles. The van der Waals surface area contributed by atoms with Crippen LogP contribution in [0.1, 0.15) is 29.6 Å². The van der Waals surface area contributed by atoms with Crippen LogP contribution in [0.4, 0.5) is 0 Å². The average molecular weight is 287 g/mol. The first kappa shape index (κ1) is 15.3. The Balaban J connectivity index is 1.93. The molecule has 5 nitrogen and oxygen atoms in total. The molecule has 0 atom stereocenters. The fourth-order valence-electron chi connectivity index (χ4n) is 2.14. The summed E-state index contributed by atoms with van der Waals surface area (Å²) in [5.74, 6) is 0.0195. The normalized spacial score (nSPS) is 10.6. The third-order valence-corrected chi connectivity index (χ3v) is 3.38. The van der Waals surface area contributed by atoms with Crippen LogP contribution in [0.2, 0.25) is 0 Å². The molecule has 2 rings (SSSR count). The molecule has 1 aromatic heterocycles. The predicted octanol–water partition coefficient (Wildman–Crippen LogP) is 2.11. The van der Waals surface area contributed by atoms with Crippen molar-refractivity contribution in [2.24, 2.45) is 0 Å². The maximum atomic E-state index is 12.3. The highest BCUT2D eigenvalue weighted by atomic mass is 16.2. The van der Waals surface area contributed by atoms with Crippen LogP contribution in [0.15, 0.2) is 42.7 Å². The molecule has 1 amide bonds. The van der Waals surface area contributed by atoms with Crippen molar-refractivity contribution in [3.8, 4) is 5.69 Å². The lowest BCUT2D eigenvalue weighted by Crippen LogP contribution is -2.27. The Labute approximate surface area is 124 Å². The molecule has 0 saturated carbocycles. The largest absolute Gasteiger partial charge is 0.396 e. The molecule has 0 bridgehead atoms. The van der Waals surface area contributed by atoms with Gasteiger partial charge in [0, 0.05) is 38.2 Å². The zero-order valence-corrected chi connectivity index (χ0v) is 12.3. The van der Waals surface area contributed by atoms with Crippen molar-refractivity contribution in [3.63, 3.8) is 0 Å². The lowest BCUT2D eigenvalue weighted by Gasteiger charge is -2.17. The predicted molar refractivity (Wildman–Crippen MR) is 81.5 cm³/mol. The van der Waals surface area contributed by atoms with Crippen molar-refractivity contribution in [1.29, 1.82) is 0 Å². The Morgan fingerprint density at radius 3 is 2.62 bits per heavy atom. The Bertz CT molecular complexity index is 549. The first-order valence-electron chi connectivity index (χ1n) is 7.19. The molecule has 1 heterocycles. The molecule has 112 valence electrons. The van der Waals surface area contributed by atoms with Crippen molar-refractivity contribution in [1.82, 2.24) is 14.7 Å². The summed E-state index contributed by atoms with van der Waals surface area (Å²) in [6, 6.07) is 9.28. The lowest BCUT2D eigenvalue weighted by molar-refractivity contribution is 0.0792. The number of hydrogen-bond donors (Lipinski definition) is 1. The third-order valence-electron chi connectivity index (χ3n) is 3.38. The highest BCUT2D eigenvalue weighted by molar-refractivity contribution is 5.94. The third kappa shape index (κ3) is 4.16. The molecule has 0 aliphatic heterocycles. The maximum Gasteiger partial charge on any atom is 0.253 e. The van der Waals surface area contributed by atoms with Crippen LogP contribution in [0.3, 0.4) is 0 Å². The number of amides is 1. The number of carbonyl (C=O) groups is 1. The number of nitrogens with zero attached hydrogens (tertiary/aromatic N) is 3. The SMILES string of the molecule is CN(CCCCCO)C(=O)c1ccc(-n2cccn2)cc1. The number of hydrogen-bond acceptors (Lipinski definition) is 3. The number of aliphatic hydroxyl groups excluding tert-OH is 1. The number of benzene rings is 1. The molecule has 0 aliphatic carbocycles. The van der Waals surface area contributed by atoms with Crippen LogP contribution in [-0.4, -0.2) is 45.9 Å². The molecule has 21 heavy (non-hydrogen) atoms. The molecule has 1 N–H and O–H groups in total. The second-order valence-electron chi connectivity index (χ2n) is 5.01. The fourth-order valence-corrected chi connectivity index (χ4v) is 2.14. The summed E-state index contributed by atoms with van der Waals surface area (Å²) in [5, 5.41) is 12.9. The summed E-state index contributed by atoms with van der Waals surface area (Å²) in [5.41, 5.74) is 1.61. The van der Waals surface area contributed by atoms with E-state index >= 15 is 0 Å². The molecular weight excluding hydrogens is 266 g/mol. The summed E-state index contributed by atoms with van der Waals surface area (Å²) in [6.07, 6.45) is 6.23. The van der Waals surface area contributed by atoms with Gasteiger partial charge in [0.1, 0.15) is 0 Å². The van der Waals surface area contributed by atoms with Crippen molar-refractivity contribution >= 4 is 5.91 Å². The smallest absolute Gasteiger partial charge is 0.253 e. The zero-order chi connectivity index (χ0) is 15.1. The molecule has 0 unspecified atom stereocenters. The summed E-state index contributed by atoms with van der Waals surface area (Å²) < 4.78 is 1.76. The van der Waals surface area contributed by atoms with E-state index in [-0.39, 0.29) is 12.5 Å². The van der Waals surface area contributed by atoms with Crippen LogP contribution in [0.25, 0.3) is 5.69 Å². The van der Waals surface area contributed by atoms with E-state index in [1.807, 2.05) is 43.6 Å². The minimum Gasteiger partial charge on any atom is -0.396 e. The van der Waals surface area contributed by atoms with Crippen molar-refractivity contribution in [3.05, 3.63) is 48.3 Å². The molecule has 2 aromatic rings. The van der Waals surface area contributed by atoms with Crippen LogP contribution in [0.5, 0.6) is 0 Å². The van der Waals surface area contributed by atoms with E-state index in [0.29, 0.717) is 12.1 Å². The minimum absolute atomic E-state index is 0.0195. The van der Waals surface area contributed by atoms with Crippen molar-refractivity contribution < 1.29 is 9.90 Å². The molecular formula is C16H21N3O2. The van der Waals surface area contributed by atoms with Gasteiger partial charge in [0.15, 0.2) is 0 Å². The van der Waals surface area contributed by atoms with Crippen LogP contribution in [0, 0.1) is 0 Å². The van der Waals surface area contributed by atoms with Crippen LogP contribution >= 0.6 is 0 Å². The summed E-state index contributed by atoms with van der Waals surface area (Å²) in [6.45, 7) is 0.923.